The van der Waals surface area contributed by atoms with E-state index in [0.29, 0.717) is 16.5 Å². The van der Waals surface area contributed by atoms with E-state index in [1.807, 2.05) is 0 Å². The van der Waals surface area contributed by atoms with E-state index in [1.54, 1.807) is 61.7 Å². The molecule has 0 saturated carbocycles. The van der Waals surface area contributed by atoms with E-state index in [0.717, 1.165) is 5.56 Å². The lowest BCUT2D eigenvalue weighted by atomic mass is 10.2. The first-order chi connectivity index (χ1) is 14.3. The molecule has 2 rings (SSSR count). The zero-order valence-electron chi connectivity index (χ0n) is 16.8. The molecule has 2 aromatic rings. The molecule has 30 heavy (non-hydrogen) atoms. The van der Waals surface area contributed by atoms with Crippen LogP contribution in [0, 0.1) is 0 Å². The van der Waals surface area contributed by atoms with Gasteiger partial charge in [0.2, 0.25) is 5.91 Å². The van der Waals surface area contributed by atoms with Crippen molar-refractivity contribution in [3.8, 4) is 5.75 Å². The smallest absolute Gasteiger partial charge is 0.329 e. The van der Waals surface area contributed by atoms with Crippen LogP contribution in [0.3, 0.4) is 0 Å². The van der Waals surface area contributed by atoms with E-state index in [9.17, 15) is 14.4 Å². The zero-order chi connectivity index (χ0) is 22.1. The number of esters is 1. The number of carbonyl (C=O) groups is 3. The van der Waals surface area contributed by atoms with Crippen molar-refractivity contribution in [2.24, 2.45) is 0 Å². The number of halogens is 1. The number of nitrogens with one attached hydrogen (secondary N) is 2. The Morgan fingerprint density at radius 1 is 1.00 bits per heavy atom. The summed E-state index contributed by atoms with van der Waals surface area (Å²) in [7, 11) is 1.57. The first-order valence-electron chi connectivity index (χ1n) is 9.18. The predicted molar refractivity (Wildman–Crippen MR) is 115 cm³/mol. The van der Waals surface area contributed by atoms with Gasteiger partial charge in [-0.2, -0.15) is 0 Å². The monoisotopic (exact) mass is 430 g/mol. The van der Waals surface area contributed by atoms with Gasteiger partial charge >= 0.3 is 5.97 Å². The second kappa shape index (κ2) is 11.0. The molecule has 0 aliphatic carbocycles. The largest absolute Gasteiger partial charge is 0.497 e. The van der Waals surface area contributed by atoms with Gasteiger partial charge in [0.1, 0.15) is 11.8 Å². The molecule has 0 bridgehead atoms. The number of anilines is 1. The topological polar surface area (TPSA) is 93.7 Å². The third-order valence-electron chi connectivity index (χ3n) is 4.03. The molecule has 2 atom stereocenters. The SMILES string of the molecule is COc1ccc(/C=C/C(=O)N[C@@H](C)C(=O)OC(C)C(=O)Nc2ccc(Cl)cc2)cc1. The van der Waals surface area contributed by atoms with Crippen LogP contribution in [-0.4, -0.2) is 37.0 Å². The molecule has 158 valence electrons. The van der Waals surface area contributed by atoms with Crippen molar-refractivity contribution in [2.45, 2.75) is 26.0 Å². The predicted octanol–water partition coefficient (Wildman–Crippen LogP) is 3.44. The second-order valence-electron chi connectivity index (χ2n) is 6.41. The Labute approximate surface area is 180 Å². The molecule has 0 saturated heterocycles. The van der Waals surface area contributed by atoms with Crippen LogP contribution in [0.25, 0.3) is 6.08 Å². The molecule has 2 amide bonds. The second-order valence-corrected chi connectivity index (χ2v) is 6.85. The summed E-state index contributed by atoms with van der Waals surface area (Å²) in [5, 5.41) is 5.66. The molecule has 0 radical (unpaired) electrons. The maximum absolute atomic E-state index is 12.2. The lowest BCUT2D eigenvalue weighted by molar-refractivity contribution is -0.155. The van der Waals surface area contributed by atoms with Crippen molar-refractivity contribution in [3.63, 3.8) is 0 Å². The summed E-state index contributed by atoms with van der Waals surface area (Å²) in [5.74, 6) is -0.973. The number of methoxy groups -OCH3 is 1. The van der Waals surface area contributed by atoms with Crippen molar-refractivity contribution >= 4 is 41.1 Å². The average Bonchev–Trinajstić information content (AvgIpc) is 2.74. The van der Waals surface area contributed by atoms with Crippen molar-refractivity contribution in [1.82, 2.24) is 5.32 Å². The molecule has 0 aromatic heterocycles. The van der Waals surface area contributed by atoms with Gasteiger partial charge in [-0.05, 0) is 61.9 Å². The van der Waals surface area contributed by atoms with Gasteiger partial charge in [-0.3, -0.25) is 9.59 Å². The summed E-state index contributed by atoms with van der Waals surface area (Å²) in [6.45, 7) is 2.92. The van der Waals surface area contributed by atoms with Crippen LogP contribution in [0.15, 0.2) is 54.6 Å². The van der Waals surface area contributed by atoms with Crippen LogP contribution in [0.5, 0.6) is 5.75 Å². The highest BCUT2D eigenvalue weighted by Gasteiger charge is 2.22. The Morgan fingerprint density at radius 2 is 1.63 bits per heavy atom. The highest BCUT2D eigenvalue weighted by atomic mass is 35.5. The molecule has 0 heterocycles. The molecule has 8 heteroatoms. The summed E-state index contributed by atoms with van der Waals surface area (Å²) in [4.78, 5) is 36.3. The normalized spacial score (nSPS) is 12.7. The van der Waals surface area contributed by atoms with E-state index < -0.39 is 29.9 Å². The summed E-state index contributed by atoms with van der Waals surface area (Å²) in [6.07, 6.45) is 1.87. The number of carbonyl (C=O) groups excluding carboxylic acids is 3. The standard InChI is InChI=1S/C22H23ClN2O5/c1-14(24-20(26)13-6-16-4-11-19(29-3)12-5-16)22(28)30-15(2)21(27)25-18-9-7-17(23)8-10-18/h4-15H,1-3H3,(H,24,26)(H,25,27)/b13-6+/t14-,15?/m0/s1. The Bertz CT molecular complexity index is 910. The van der Waals surface area contributed by atoms with Crippen LogP contribution in [0.2, 0.25) is 5.02 Å². The van der Waals surface area contributed by atoms with Gasteiger partial charge in [-0.25, -0.2) is 4.79 Å². The maximum atomic E-state index is 12.2. The molecule has 0 aliphatic heterocycles. The minimum absolute atomic E-state index is 0.464. The maximum Gasteiger partial charge on any atom is 0.329 e. The number of ether oxygens (including phenoxy) is 2. The number of amides is 2. The summed E-state index contributed by atoms with van der Waals surface area (Å²) in [5.41, 5.74) is 1.32. The van der Waals surface area contributed by atoms with Crippen molar-refractivity contribution in [2.75, 3.05) is 12.4 Å². The Balaban J connectivity index is 1.82. The molecular formula is C22H23ClN2O5. The fraction of sp³-hybridized carbons (Fsp3) is 0.227. The van der Waals surface area contributed by atoms with Gasteiger partial charge in [0.15, 0.2) is 6.10 Å². The van der Waals surface area contributed by atoms with Crippen molar-refractivity contribution < 1.29 is 23.9 Å². The average molecular weight is 431 g/mol. The lowest BCUT2D eigenvalue weighted by Gasteiger charge is -2.17. The third-order valence-corrected chi connectivity index (χ3v) is 4.28. The Morgan fingerprint density at radius 3 is 2.23 bits per heavy atom. The molecule has 7 nitrogen and oxygen atoms in total. The van der Waals surface area contributed by atoms with Crippen molar-refractivity contribution in [1.29, 1.82) is 0 Å². The molecule has 2 N–H and O–H groups in total. The number of hydrogen-bond acceptors (Lipinski definition) is 5. The Hall–Kier alpha value is -3.32. The van der Waals surface area contributed by atoms with Gasteiger partial charge in [-0.15, -0.1) is 0 Å². The van der Waals surface area contributed by atoms with E-state index >= 15 is 0 Å². The van der Waals surface area contributed by atoms with Gasteiger partial charge in [0.05, 0.1) is 7.11 Å². The summed E-state index contributed by atoms with van der Waals surface area (Å²) < 4.78 is 10.2. The first-order valence-corrected chi connectivity index (χ1v) is 9.56. The van der Waals surface area contributed by atoms with Gasteiger partial charge in [0.25, 0.3) is 5.91 Å². The number of hydrogen-bond donors (Lipinski definition) is 2. The van der Waals surface area contributed by atoms with Crippen LogP contribution < -0.4 is 15.4 Å². The summed E-state index contributed by atoms with van der Waals surface area (Å²) in [6, 6.07) is 12.7. The molecule has 0 aliphatic rings. The number of rotatable bonds is 8. The zero-order valence-corrected chi connectivity index (χ0v) is 17.6. The molecule has 0 spiro atoms. The molecule has 1 unspecified atom stereocenters. The molecular weight excluding hydrogens is 408 g/mol. The summed E-state index contributed by atoms with van der Waals surface area (Å²) >= 11 is 5.80. The van der Waals surface area contributed by atoms with E-state index in [1.165, 1.54) is 19.9 Å². The van der Waals surface area contributed by atoms with Crippen LogP contribution in [-0.2, 0) is 19.1 Å². The fourth-order valence-electron chi connectivity index (χ4n) is 2.31. The van der Waals surface area contributed by atoms with E-state index in [2.05, 4.69) is 10.6 Å². The van der Waals surface area contributed by atoms with Gasteiger partial charge in [-0.1, -0.05) is 23.7 Å². The highest BCUT2D eigenvalue weighted by molar-refractivity contribution is 6.30. The first kappa shape index (κ1) is 23.0. The minimum Gasteiger partial charge on any atom is -0.497 e. The quantitative estimate of drug-likeness (QED) is 0.494. The van der Waals surface area contributed by atoms with Crippen LogP contribution in [0.4, 0.5) is 5.69 Å². The van der Waals surface area contributed by atoms with Crippen molar-refractivity contribution in [3.05, 3.63) is 65.2 Å². The Kier molecular flexibility index (Phi) is 8.43. The van der Waals surface area contributed by atoms with E-state index in [-0.39, 0.29) is 0 Å². The number of benzene rings is 2. The lowest BCUT2D eigenvalue weighted by Crippen LogP contribution is -2.41. The molecule has 2 aromatic carbocycles. The van der Waals surface area contributed by atoms with Crippen LogP contribution in [0.1, 0.15) is 19.4 Å². The minimum atomic E-state index is -1.04. The van der Waals surface area contributed by atoms with E-state index in [4.69, 9.17) is 21.1 Å². The fourth-order valence-corrected chi connectivity index (χ4v) is 2.44. The molecule has 0 fully saturated rings. The van der Waals surface area contributed by atoms with Crippen LogP contribution >= 0.6 is 11.6 Å². The van der Waals surface area contributed by atoms with Gasteiger partial charge in [0, 0.05) is 16.8 Å². The highest BCUT2D eigenvalue weighted by Crippen LogP contribution is 2.14. The van der Waals surface area contributed by atoms with Gasteiger partial charge < -0.3 is 20.1 Å². The third kappa shape index (κ3) is 7.25.